The summed E-state index contributed by atoms with van der Waals surface area (Å²) < 4.78 is 5.42. The molecule has 1 saturated carbocycles. The van der Waals surface area contributed by atoms with Gasteiger partial charge in [-0.15, -0.1) is 0 Å². The maximum atomic E-state index is 5.42. The van der Waals surface area contributed by atoms with Gasteiger partial charge in [0.25, 0.3) is 0 Å². The van der Waals surface area contributed by atoms with Crippen molar-refractivity contribution in [3.63, 3.8) is 0 Å². The van der Waals surface area contributed by atoms with E-state index >= 15 is 0 Å². The fraction of sp³-hybridized carbons (Fsp3) is 0.667. The molecule has 0 radical (unpaired) electrons. The van der Waals surface area contributed by atoms with Crippen LogP contribution in [0.25, 0.3) is 0 Å². The van der Waals surface area contributed by atoms with Gasteiger partial charge in [0.15, 0.2) is 0 Å². The molecular weight excluding hydrogens is 252 g/mol. The van der Waals surface area contributed by atoms with E-state index in [4.69, 9.17) is 9.72 Å². The van der Waals surface area contributed by atoms with Crippen molar-refractivity contribution in [2.45, 2.75) is 25.3 Å². The molecule has 2 heterocycles. The molecule has 5 heteroatoms. The van der Waals surface area contributed by atoms with Gasteiger partial charge in [0.2, 0.25) is 0 Å². The highest BCUT2D eigenvalue weighted by Crippen LogP contribution is 2.27. The average molecular weight is 276 g/mol. The van der Waals surface area contributed by atoms with Gasteiger partial charge in [-0.1, -0.05) is 0 Å². The maximum Gasteiger partial charge on any atom is 0.133 e. The van der Waals surface area contributed by atoms with Gasteiger partial charge in [0, 0.05) is 51.0 Å². The molecule has 1 aliphatic heterocycles. The molecule has 0 atom stereocenters. The molecule has 20 heavy (non-hydrogen) atoms. The Kier molecular flexibility index (Phi) is 3.96. The zero-order valence-electron chi connectivity index (χ0n) is 12.4. The van der Waals surface area contributed by atoms with E-state index in [0.29, 0.717) is 6.04 Å². The predicted molar refractivity (Wildman–Crippen MR) is 82.9 cm³/mol. The second-order valence-corrected chi connectivity index (χ2v) is 5.83. The number of nitrogens with one attached hydrogen (secondary N) is 1. The minimum atomic E-state index is 0.609. The van der Waals surface area contributed by atoms with E-state index in [-0.39, 0.29) is 0 Å². The molecule has 1 aliphatic carbocycles. The first kappa shape index (κ1) is 13.5. The highest BCUT2D eigenvalue weighted by Gasteiger charge is 2.19. The molecule has 2 fully saturated rings. The molecule has 1 N–H and O–H groups in total. The van der Waals surface area contributed by atoms with Gasteiger partial charge >= 0.3 is 0 Å². The summed E-state index contributed by atoms with van der Waals surface area (Å²) in [4.78, 5) is 9.24. The summed E-state index contributed by atoms with van der Waals surface area (Å²) >= 11 is 0. The lowest BCUT2D eigenvalue weighted by Gasteiger charge is -2.31. The molecule has 5 nitrogen and oxygen atoms in total. The number of hydrogen-bond donors (Lipinski definition) is 1. The molecule has 1 saturated heterocycles. The summed E-state index contributed by atoms with van der Waals surface area (Å²) in [6.45, 7) is 3.43. The van der Waals surface area contributed by atoms with E-state index in [1.54, 1.807) is 0 Å². The number of aromatic nitrogens is 1. The van der Waals surface area contributed by atoms with Crippen molar-refractivity contribution in [1.82, 2.24) is 4.98 Å². The van der Waals surface area contributed by atoms with Crippen LogP contribution in [0.5, 0.6) is 0 Å². The van der Waals surface area contributed by atoms with E-state index in [1.165, 1.54) is 24.9 Å². The summed E-state index contributed by atoms with van der Waals surface area (Å²) in [6, 6.07) is 4.91. The third-order valence-corrected chi connectivity index (χ3v) is 4.11. The van der Waals surface area contributed by atoms with Gasteiger partial charge in [-0.25, -0.2) is 4.98 Å². The van der Waals surface area contributed by atoms with Crippen LogP contribution in [0.4, 0.5) is 17.3 Å². The Bertz CT molecular complexity index is 453. The second-order valence-electron chi connectivity index (χ2n) is 5.83. The molecule has 110 valence electrons. The van der Waals surface area contributed by atoms with Crippen LogP contribution < -0.4 is 15.1 Å². The van der Waals surface area contributed by atoms with Crippen LogP contribution in [-0.2, 0) is 4.74 Å². The molecule has 0 bridgehead atoms. The third-order valence-electron chi connectivity index (χ3n) is 4.11. The van der Waals surface area contributed by atoms with Gasteiger partial charge in [-0.2, -0.15) is 0 Å². The van der Waals surface area contributed by atoms with Crippen LogP contribution in [0.2, 0.25) is 0 Å². The fourth-order valence-electron chi connectivity index (χ4n) is 2.55. The quantitative estimate of drug-likeness (QED) is 0.910. The Balaban J connectivity index is 1.82. The molecular formula is C15H24N4O. The molecule has 0 amide bonds. The Hall–Kier alpha value is -1.49. The number of pyridine rings is 1. The smallest absolute Gasteiger partial charge is 0.133 e. The SMILES string of the molecule is CN(C)c1cc(NC2CCC2)nc(N2CCOCC2)c1. The van der Waals surface area contributed by atoms with Crippen LogP contribution in [0.1, 0.15) is 19.3 Å². The molecule has 1 aromatic heterocycles. The number of anilines is 3. The summed E-state index contributed by atoms with van der Waals surface area (Å²) in [5, 5.41) is 3.56. The van der Waals surface area contributed by atoms with E-state index in [9.17, 15) is 0 Å². The van der Waals surface area contributed by atoms with E-state index in [2.05, 4.69) is 41.3 Å². The van der Waals surface area contributed by atoms with Crippen LogP contribution in [0.3, 0.4) is 0 Å². The Morgan fingerprint density at radius 2 is 2.00 bits per heavy atom. The number of rotatable bonds is 4. The van der Waals surface area contributed by atoms with Crippen molar-refractivity contribution in [2.24, 2.45) is 0 Å². The van der Waals surface area contributed by atoms with Gasteiger partial charge in [-0.05, 0) is 19.3 Å². The van der Waals surface area contributed by atoms with Crippen molar-refractivity contribution in [3.8, 4) is 0 Å². The first-order chi connectivity index (χ1) is 9.72. The first-order valence-electron chi connectivity index (χ1n) is 7.51. The molecule has 3 rings (SSSR count). The molecule has 1 aromatic rings. The molecule has 0 spiro atoms. The number of morpholine rings is 1. The van der Waals surface area contributed by atoms with Crippen molar-refractivity contribution >= 4 is 17.3 Å². The minimum Gasteiger partial charge on any atom is -0.378 e. The molecule has 0 unspecified atom stereocenters. The van der Waals surface area contributed by atoms with Crippen LogP contribution >= 0.6 is 0 Å². The normalized spacial score (nSPS) is 19.6. The largest absolute Gasteiger partial charge is 0.378 e. The number of hydrogen-bond acceptors (Lipinski definition) is 5. The van der Waals surface area contributed by atoms with Crippen LogP contribution in [0.15, 0.2) is 12.1 Å². The van der Waals surface area contributed by atoms with Gasteiger partial charge in [-0.3, -0.25) is 0 Å². The average Bonchev–Trinajstić information content (AvgIpc) is 2.43. The Morgan fingerprint density at radius 3 is 2.60 bits per heavy atom. The maximum absolute atomic E-state index is 5.42. The van der Waals surface area contributed by atoms with Crippen molar-refractivity contribution in [1.29, 1.82) is 0 Å². The zero-order chi connectivity index (χ0) is 13.9. The molecule has 2 aliphatic rings. The lowest BCUT2D eigenvalue weighted by molar-refractivity contribution is 0.122. The Morgan fingerprint density at radius 1 is 1.25 bits per heavy atom. The summed E-state index contributed by atoms with van der Waals surface area (Å²) in [6.07, 6.45) is 3.86. The van der Waals surface area contributed by atoms with Crippen LogP contribution in [0, 0.1) is 0 Å². The molecule has 0 aromatic carbocycles. The van der Waals surface area contributed by atoms with Gasteiger partial charge in [0.05, 0.1) is 13.2 Å². The van der Waals surface area contributed by atoms with Gasteiger partial charge in [0.1, 0.15) is 11.6 Å². The monoisotopic (exact) mass is 276 g/mol. The van der Waals surface area contributed by atoms with Crippen molar-refractivity contribution in [2.75, 3.05) is 55.5 Å². The highest BCUT2D eigenvalue weighted by atomic mass is 16.5. The lowest BCUT2D eigenvalue weighted by Crippen LogP contribution is -2.37. The third kappa shape index (κ3) is 2.98. The predicted octanol–water partition coefficient (Wildman–Crippen LogP) is 1.95. The van der Waals surface area contributed by atoms with Gasteiger partial charge < -0.3 is 19.9 Å². The minimum absolute atomic E-state index is 0.609. The second kappa shape index (κ2) is 5.87. The fourth-order valence-corrected chi connectivity index (χ4v) is 2.55. The highest BCUT2D eigenvalue weighted by molar-refractivity contribution is 5.62. The zero-order valence-corrected chi connectivity index (χ0v) is 12.4. The van der Waals surface area contributed by atoms with E-state index < -0.39 is 0 Å². The van der Waals surface area contributed by atoms with E-state index in [0.717, 1.165) is 37.9 Å². The van der Waals surface area contributed by atoms with Crippen molar-refractivity contribution in [3.05, 3.63) is 12.1 Å². The number of nitrogens with zero attached hydrogens (tertiary/aromatic N) is 3. The van der Waals surface area contributed by atoms with E-state index in [1.807, 2.05) is 0 Å². The summed E-state index contributed by atoms with van der Waals surface area (Å²) in [5.41, 5.74) is 1.20. The first-order valence-corrected chi connectivity index (χ1v) is 7.51. The summed E-state index contributed by atoms with van der Waals surface area (Å²) in [7, 11) is 4.15. The topological polar surface area (TPSA) is 40.6 Å². The van der Waals surface area contributed by atoms with Crippen molar-refractivity contribution < 1.29 is 4.74 Å². The summed E-state index contributed by atoms with van der Waals surface area (Å²) in [5.74, 6) is 2.06. The lowest BCUT2D eigenvalue weighted by atomic mass is 9.93. The Labute approximate surface area is 120 Å². The van der Waals surface area contributed by atoms with Crippen LogP contribution in [-0.4, -0.2) is 51.4 Å². The standard InChI is InChI=1S/C15H24N4O/c1-18(2)13-10-14(16-12-4-3-5-12)17-15(11-13)19-6-8-20-9-7-19/h10-12H,3-9H2,1-2H3,(H,16,17). The number of ether oxygens (including phenoxy) is 1.